The van der Waals surface area contributed by atoms with Crippen molar-refractivity contribution in [2.75, 3.05) is 0 Å². The van der Waals surface area contributed by atoms with Gasteiger partial charge < -0.3 is 5.32 Å². The molecule has 0 saturated heterocycles. The summed E-state index contributed by atoms with van der Waals surface area (Å²) in [6.45, 7) is 2.66. The van der Waals surface area contributed by atoms with E-state index in [1.165, 1.54) is 18.2 Å². The predicted molar refractivity (Wildman–Crippen MR) is 79.5 cm³/mol. The summed E-state index contributed by atoms with van der Waals surface area (Å²) in [5.41, 5.74) is 2.13. The largest absolute Gasteiger partial charge is 0.353 e. The van der Waals surface area contributed by atoms with Crippen molar-refractivity contribution in [3.05, 3.63) is 30.0 Å². The Bertz CT molecular complexity index is 611. The highest BCUT2D eigenvalue weighted by molar-refractivity contribution is 5.82. The first-order valence-corrected chi connectivity index (χ1v) is 7.45. The van der Waals surface area contributed by atoms with Crippen LogP contribution in [-0.4, -0.2) is 21.7 Å². The molecule has 20 heavy (non-hydrogen) atoms. The molecule has 0 bridgehead atoms. The number of carbonyl (C=O) groups is 1. The minimum Gasteiger partial charge on any atom is -0.353 e. The van der Waals surface area contributed by atoms with Gasteiger partial charge >= 0.3 is 0 Å². The fraction of sp³-hybridized carbons (Fsp3) is 0.500. The first-order valence-electron chi connectivity index (χ1n) is 7.45. The maximum atomic E-state index is 12.0. The molecule has 1 aromatic carbocycles. The third kappa shape index (κ3) is 2.69. The number of benzene rings is 1. The highest BCUT2D eigenvalue weighted by atomic mass is 16.1. The van der Waals surface area contributed by atoms with Gasteiger partial charge in [-0.3, -0.25) is 9.48 Å². The van der Waals surface area contributed by atoms with E-state index in [0.29, 0.717) is 19.0 Å². The fourth-order valence-electron chi connectivity index (χ4n) is 3.04. The number of aryl methyl sites for hydroxylation is 2. The van der Waals surface area contributed by atoms with Crippen molar-refractivity contribution < 1.29 is 4.79 Å². The van der Waals surface area contributed by atoms with Crippen molar-refractivity contribution in [1.29, 1.82) is 0 Å². The van der Waals surface area contributed by atoms with E-state index in [1.807, 2.05) is 23.7 Å². The average Bonchev–Trinajstić information content (AvgIpc) is 3.06. The Labute approximate surface area is 119 Å². The zero-order valence-corrected chi connectivity index (χ0v) is 11.9. The molecule has 106 valence electrons. The monoisotopic (exact) mass is 271 g/mol. The van der Waals surface area contributed by atoms with Gasteiger partial charge in [-0.05, 0) is 25.8 Å². The Morgan fingerprint density at radius 1 is 1.35 bits per heavy atom. The van der Waals surface area contributed by atoms with E-state index in [4.69, 9.17) is 0 Å². The molecule has 1 aromatic heterocycles. The lowest BCUT2D eigenvalue weighted by molar-refractivity contribution is -0.122. The minimum atomic E-state index is 0.147. The number of hydrogen-bond donors (Lipinski definition) is 1. The van der Waals surface area contributed by atoms with Gasteiger partial charge in [-0.25, -0.2) is 0 Å². The summed E-state index contributed by atoms with van der Waals surface area (Å²) in [5.74, 6) is 0.147. The Kier molecular flexibility index (Phi) is 3.72. The summed E-state index contributed by atoms with van der Waals surface area (Å²) in [4.78, 5) is 12.0. The molecule has 4 nitrogen and oxygen atoms in total. The van der Waals surface area contributed by atoms with E-state index in [0.717, 1.165) is 24.1 Å². The highest BCUT2D eigenvalue weighted by Gasteiger charge is 2.17. The number of amides is 1. The number of para-hydroxylation sites is 1. The van der Waals surface area contributed by atoms with Crippen LogP contribution in [0.15, 0.2) is 24.3 Å². The van der Waals surface area contributed by atoms with Crippen molar-refractivity contribution in [2.45, 2.75) is 51.6 Å². The molecule has 1 saturated carbocycles. The van der Waals surface area contributed by atoms with Gasteiger partial charge in [0.25, 0.3) is 0 Å². The van der Waals surface area contributed by atoms with Crippen LogP contribution in [0.5, 0.6) is 0 Å². The summed E-state index contributed by atoms with van der Waals surface area (Å²) in [7, 11) is 0. The lowest BCUT2D eigenvalue weighted by Crippen LogP contribution is -2.33. The topological polar surface area (TPSA) is 46.9 Å². The molecule has 1 N–H and O–H groups in total. The molecule has 1 heterocycles. The van der Waals surface area contributed by atoms with Gasteiger partial charge in [0.2, 0.25) is 5.91 Å². The van der Waals surface area contributed by atoms with Gasteiger partial charge in [0.1, 0.15) is 0 Å². The number of nitrogens with zero attached hydrogens (tertiary/aromatic N) is 2. The maximum absolute atomic E-state index is 12.0. The van der Waals surface area contributed by atoms with E-state index in [2.05, 4.69) is 22.5 Å². The third-order valence-electron chi connectivity index (χ3n) is 4.11. The first-order chi connectivity index (χ1) is 9.74. The van der Waals surface area contributed by atoms with Crippen LogP contribution < -0.4 is 5.32 Å². The van der Waals surface area contributed by atoms with Crippen LogP contribution in [0, 0.1) is 6.92 Å². The average molecular weight is 271 g/mol. The molecular formula is C16H21N3O. The molecule has 0 atom stereocenters. The van der Waals surface area contributed by atoms with Gasteiger partial charge in [-0.1, -0.05) is 31.0 Å². The molecule has 4 heteroatoms. The molecular weight excluding hydrogens is 250 g/mol. The second-order valence-corrected chi connectivity index (χ2v) is 5.62. The summed E-state index contributed by atoms with van der Waals surface area (Å²) < 4.78 is 1.94. The molecule has 3 rings (SSSR count). The standard InChI is InChI=1S/C16H21N3O/c1-12-14-8-4-5-9-15(14)19(18-12)11-10-16(20)17-13-6-2-3-7-13/h4-5,8-9,13H,2-3,6-7,10-11H2,1H3,(H,17,20). The Morgan fingerprint density at radius 2 is 2.10 bits per heavy atom. The SMILES string of the molecule is Cc1nn(CCC(=O)NC2CCCC2)c2ccccc12. The van der Waals surface area contributed by atoms with Gasteiger partial charge in [0.05, 0.1) is 17.8 Å². The van der Waals surface area contributed by atoms with E-state index in [9.17, 15) is 4.79 Å². The van der Waals surface area contributed by atoms with E-state index in [1.54, 1.807) is 0 Å². The molecule has 1 aliphatic rings. The molecule has 0 unspecified atom stereocenters. The number of carbonyl (C=O) groups excluding carboxylic acids is 1. The summed E-state index contributed by atoms with van der Waals surface area (Å²) in [5, 5.41) is 8.82. The van der Waals surface area contributed by atoms with Crippen LogP contribution in [-0.2, 0) is 11.3 Å². The molecule has 0 spiro atoms. The van der Waals surface area contributed by atoms with E-state index < -0.39 is 0 Å². The quantitative estimate of drug-likeness (QED) is 0.929. The number of rotatable bonds is 4. The molecule has 0 radical (unpaired) electrons. The normalized spacial score (nSPS) is 15.8. The predicted octanol–water partition coefficient (Wildman–Crippen LogP) is 2.79. The van der Waals surface area contributed by atoms with Crippen LogP contribution >= 0.6 is 0 Å². The fourth-order valence-corrected chi connectivity index (χ4v) is 3.04. The first kappa shape index (κ1) is 13.2. The molecule has 1 amide bonds. The van der Waals surface area contributed by atoms with Crippen LogP contribution in [0.2, 0.25) is 0 Å². The van der Waals surface area contributed by atoms with Gasteiger partial charge in [0, 0.05) is 17.8 Å². The Morgan fingerprint density at radius 3 is 2.90 bits per heavy atom. The van der Waals surface area contributed by atoms with Crippen LogP contribution in [0.4, 0.5) is 0 Å². The molecule has 1 fully saturated rings. The van der Waals surface area contributed by atoms with Gasteiger partial charge in [-0.15, -0.1) is 0 Å². The molecule has 1 aliphatic carbocycles. The maximum Gasteiger partial charge on any atom is 0.222 e. The van der Waals surface area contributed by atoms with E-state index in [-0.39, 0.29) is 5.91 Å². The van der Waals surface area contributed by atoms with Crippen LogP contribution in [0.25, 0.3) is 10.9 Å². The molecule has 0 aliphatic heterocycles. The second-order valence-electron chi connectivity index (χ2n) is 5.62. The lowest BCUT2D eigenvalue weighted by atomic mass is 10.2. The molecule has 2 aromatic rings. The zero-order chi connectivity index (χ0) is 13.9. The van der Waals surface area contributed by atoms with Crippen molar-refractivity contribution in [1.82, 2.24) is 15.1 Å². The van der Waals surface area contributed by atoms with Gasteiger partial charge in [0.15, 0.2) is 0 Å². The van der Waals surface area contributed by atoms with Crippen molar-refractivity contribution in [3.8, 4) is 0 Å². The summed E-state index contributed by atoms with van der Waals surface area (Å²) in [6, 6.07) is 8.57. The van der Waals surface area contributed by atoms with Crippen molar-refractivity contribution in [2.24, 2.45) is 0 Å². The van der Waals surface area contributed by atoms with Gasteiger partial charge in [-0.2, -0.15) is 5.10 Å². The van der Waals surface area contributed by atoms with Crippen LogP contribution in [0.1, 0.15) is 37.8 Å². The summed E-state index contributed by atoms with van der Waals surface area (Å²) >= 11 is 0. The second kappa shape index (κ2) is 5.65. The Balaban J connectivity index is 1.63. The number of nitrogens with one attached hydrogen (secondary N) is 1. The van der Waals surface area contributed by atoms with Crippen LogP contribution in [0.3, 0.4) is 0 Å². The number of hydrogen-bond acceptors (Lipinski definition) is 2. The van der Waals surface area contributed by atoms with E-state index >= 15 is 0 Å². The number of fused-ring (bicyclic) bond motifs is 1. The highest BCUT2D eigenvalue weighted by Crippen LogP contribution is 2.19. The minimum absolute atomic E-state index is 0.147. The number of aromatic nitrogens is 2. The third-order valence-corrected chi connectivity index (χ3v) is 4.11. The Hall–Kier alpha value is -1.84. The van der Waals surface area contributed by atoms with Crippen molar-refractivity contribution >= 4 is 16.8 Å². The zero-order valence-electron chi connectivity index (χ0n) is 11.9. The smallest absolute Gasteiger partial charge is 0.222 e. The van der Waals surface area contributed by atoms with Crippen molar-refractivity contribution in [3.63, 3.8) is 0 Å². The summed E-state index contributed by atoms with van der Waals surface area (Å²) in [6.07, 6.45) is 5.26. The lowest BCUT2D eigenvalue weighted by Gasteiger charge is -2.11.